The van der Waals surface area contributed by atoms with Crippen LogP contribution in [0.1, 0.15) is 35.7 Å². The Morgan fingerprint density at radius 2 is 2.19 bits per heavy atom. The van der Waals surface area contributed by atoms with Crippen LogP contribution in [-0.2, 0) is 4.74 Å². The van der Waals surface area contributed by atoms with E-state index in [1.165, 1.54) is 7.11 Å². The lowest BCUT2D eigenvalue weighted by atomic mass is 9.95. The van der Waals surface area contributed by atoms with Crippen LogP contribution in [0.4, 0.5) is 0 Å². The Morgan fingerprint density at radius 3 is 2.81 bits per heavy atom. The monoisotopic (exact) mass is 220 g/mol. The minimum Gasteiger partial charge on any atom is -0.490 e. The van der Waals surface area contributed by atoms with Gasteiger partial charge in [-0.15, -0.1) is 0 Å². The fraction of sp³-hybridized carbons (Fsp3) is 0.462. The van der Waals surface area contributed by atoms with Gasteiger partial charge in [0.05, 0.1) is 5.56 Å². The van der Waals surface area contributed by atoms with Gasteiger partial charge in [-0.3, -0.25) is 4.79 Å². The number of rotatable bonds is 2. The molecule has 16 heavy (non-hydrogen) atoms. The van der Waals surface area contributed by atoms with Gasteiger partial charge in [0, 0.05) is 7.11 Å². The predicted molar refractivity (Wildman–Crippen MR) is 61.2 cm³/mol. The van der Waals surface area contributed by atoms with Gasteiger partial charge in [0.1, 0.15) is 12.4 Å². The van der Waals surface area contributed by atoms with E-state index in [1.807, 2.05) is 18.2 Å². The normalized spacial score (nSPS) is 19.5. The van der Waals surface area contributed by atoms with Crippen molar-refractivity contribution < 1.29 is 14.3 Å². The molecule has 0 amide bonds. The average Bonchev–Trinajstić information content (AvgIpc) is 2.29. The third-order valence-corrected chi connectivity index (χ3v) is 2.90. The summed E-state index contributed by atoms with van der Waals surface area (Å²) in [5.74, 6) is 1.09. The standard InChI is InChI=1S/C13H16O3/c1-8(2)9-4-5-11-10(6-9)13(14)12(15-3)7-16-11/h4-6,8,12H,7H2,1-3H3. The molecule has 1 aliphatic heterocycles. The van der Waals surface area contributed by atoms with Crippen molar-refractivity contribution in [2.45, 2.75) is 25.9 Å². The van der Waals surface area contributed by atoms with Crippen molar-refractivity contribution in [3.63, 3.8) is 0 Å². The zero-order valence-corrected chi connectivity index (χ0v) is 9.82. The number of Topliss-reactive ketones (excluding diaryl/α,β-unsaturated/α-hetero) is 1. The molecule has 3 heteroatoms. The topological polar surface area (TPSA) is 35.5 Å². The van der Waals surface area contributed by atoms with E-state index in [9.17, 15) is 4.79 Å². The molecule has 0 saturated carbocycles. The van der Waals surface area contributed by atoms with Gasteiger partial charge < -0.3 is 9.47 Å². The first kappa shape index (κ1) is 11.1. The second kappa shape index (κ2) is 4.26. The van der Waals surface area contributed by atoms with E-state index in [4.69, 9.17) is 9.47 Å². The molecule has 0 N–H and O–H groups in total. The van der Waals surface area contributed by atoms with E-state index < -0.39 is 6.10 Å². The van der Waals surface area contributed by atoms with Crippen LogP contribution in [0.5, 0.6) is 5.75 Å². The largest absolute Gasteiger partial charge is 0.490 e. The van der Waals surface area contributed by atoms with Crippen molar-refractivity contribution in [3.05, 3.63) is 29.3 Å². The summed E-state index contributed by atoms with van der Waals surface area (Å²) in [6, 6.07) is 5.78. The molecule has 0 radical (unpaired) electrons. The lowest BCUT2D eigenvalue weighted by Crippen LogP contribution is -2.34. The first-order valence-corrected chi connectivity index (χ1v) is 5.47. The molecule has 2 rings (SSSR count). The smallest absolute Gasteiger partial charge is 0.198 e. The number of ketones is 1. The van der Waals surface area contributed by atoms with Crippen LogP contribution in [0, 0.1) is 0 Å². The second-order valence-corrected chi connectivity index (χ2v) is 4.31. The van der Waals surface area contributed by atoms with Crippen molar-refractivity contribution >= 4 is 5.78 Å². The van der Waals surface area contributed by atoms with E-state index in [2.05, 4.69) is 13.8 Å². The number of carbonyl (C=O) groups excluding carboxylic acids is 1. The second-order valence-electron chi connectivity index (χ2n) is 4.31. The molecule has 1 heterocycles. The number of methoxy groups -OCH3 is 1. The highest BCUT2D eigenvalue weighted by Crippen LogP contribution is 2.29. The third kappa shape index (κ3) is 1.83. The van der Waals surface area contributed by atoms with Crippen LogP contribution in [-0.4, -0.2) is 25.6 Å². The van der Waals surface area contributed by atoms with Gasteiger partial charge in [0.15, 0.2) is 11.9 Å². The SMILES string of the molecule is COC1COc2ccc(C(C)C)cc2C1=O. The lowest BCUT2D eigenvalue weighted by molar-refractivity contribution is 0.0368. The molecule has 1 aromatic carbocycles. The third-order valence-electron chi connectivity index (χ3n) is 2.90. The van der Waals surface area contributed by atoms with E-state index >= 15 is 0 Å². The summed E-state index contributed by atoms with van der Waals surface area (Å²) in [5, 5.41) is 0. The molecule has 1 aromatic rings. The van der Waals surface area contributed by atoms with E-state index in [1.54, 1.807) is 0 Å². The van der Waals surface area contributed by atoms with E-state index in [0.29, 0.717) is 23.8 Å². The number of hydrogen-bond acceptors (Lipinski definition) is 3. The quantitative estimate of drug-likeness (QED) is 0.767. The first-order chi connectivity index (χ1) is 7.63. The van der Waals surface area contributed by atoms with Crippen molar-refractivity contribution in [2.24, 2.45) is 0 Å². The molecule has 1 unspecified atom stereocenters. The average molecular weight is 220 g/mol. The molecule has 0 spiro atoms. The highest BCUT2D eigenvalue weighted by molar-refractivity contribution is 6.03. The minimum atomic E-state index is -0.463. The van der Waals surface area contributed by atoms with Gasteiger partial charge in [-0.2, -0.15) is 0 Å². The van der Waals surface area contributed by atoms with Gasteiger partial charge in [0.25, 0.3) is 0 Å². The Kier molecular flexibility index (Phi) is 2.97. The predicted octanol–water partition coefficient (Wildman–Crippen LogP) is 2.40. The van der Waals surface area contributed by atoms with Crippen molar-refractivity contribution in [2.75, 3.05) is 13.7 Å². The Balaban J connectivity index is 2.41. The summed E-state index contributed by atoms with van der Waals surface area (Å²) in [4.78, 5) is 12.0. The molecule has 0 bridgehead atoms. The maximum absolute atomic E-state index is 12.0. The van der Waals surface area contributed by atoms with Crippen molar-refractivity contribution in [3.8, 4) is 5.75 Å². The van der Waals surface area contributed by atoms with Crippen molar-refractivity contribution in [1.82, 2.24) is 0 Å². The summed E-state index contributed by atoms with van der Waals surface area (Å²) in [5.41, 5.74) is 1.79. The highest BCUT2D eigenvalue weighted by atomic mass is 16.5. The number of hydrogen-bond donors (Lipinski definition) is 0. The summed E-state index contributed by atoms with van der Waals surface area (Å²) in [7, 11) is 1.53. The lowest BCUT2D eigenvalue weighted by Gasteiger charge is -2.23. The molecule has 3 nitrogen and oxygen atoms in total. The zero-order valence-electron chi connectivity index (χ0n) is 9.82. The van der Waals surface area contributed by atoms with Crippen LogP contribution in [0.2, 0.25) is 0 Å². The van der Waals surface area contributed by atoms with E-state index in [0.717, 1.165) is 5.56 Å². The molecule has 0 aromatic heterocycles. The minimum absolute atomic E-state index is 0.0197. The zero-order chi connectivity index (χ0) is 11.7. The van der Waals surface area contributed by atoms with Gasteiger partial charge in [0.2, 0.25) is 0 Å². The summed E-state index contributed by atoms with van der Waals surface area (Å²) in [6.07, 6.45) is -0.463. The van der Waals surface area contributed by atoms with Crippen molar-refractivity contribution in [1.29, 1.82) is 0 Å². The number of carbonyl (C=O) groups is 1. The molecular formula is C13H16O3. The van der Waals surface area contributed by atoms with Crippen LogP contribution in [0.15, 0.2) is 18.2 Å². The van der Waals surface area contributed by atoms with Gasteiger partial charge in [-0.25, -0.2) is 0 Å². The molecule has 0 saturated heterocycles. The molecule has 0 fully saturated rings. The van der Waals surface area contributed by atoms with Crippen LogP contribution in [0.3, 0.4) is 0 Å². The maximum atomic E-state index is 12.0. The number of ether oxygens (including phenoxy) is 2. The van der Waals surface area contributed by atoms with Gasteiger partial charge in [-0.1, -0.05) is 19.9 Å². The Labute approximate surface area is 95.4 Å². The molecule has 86 valence electrons. The summed E-state index contributed by atoms with van der Waals surface area (Å²) < 4.78 is 10.6. The first-order valence-electron chi connectivity index (χ1n) is 5.47. The van der Waals surface area contributed by atoms with Gasteiger partial charge in [-0.05, 0) is 23.6 Å². The molecular weight excluding hydrogens is 204 g/mol. The fourth-order valence-corrected chi connectivity index (χ4v) is 1.81. The number of fused-ring (bicyclic) bond motifs is 1. The Bertz CT molecular complexity index is 410. The fourth-order valence-electron chi connectivity index (χ4n) is 1.81. The molecule has 1 atom stereocenters. The Hall–Kier alpha value is -1.35. The van der Waals surface area contributed by atoms with Crippen LogP contribution < -0.4 is 4.74 Å². The Morgan fingerprint density at radius 1 is 1.44 bits per heavy atom. The summed E-state index contributed by atoms with van der Waals surface area (Å²) in [6.45, 7) is 4.51. The molecule has 1 aliphatic rings. The molecule has 0 aliphatic carbocycles. The van der Waals surface area contributed by atoms with E-state index in [-0.39, 0.29) is 5.78 Å². The van der Waals surface area contributed by atoms with Crippen LogP contribution in [0.25, 0.3) is 0 Å². The van der Waals surface area contributed by atoms with Crippen LogP contribution >= 0.6 is 0 Å². The van der Waals surface area contributed by atoms with Gasteiger partial charge >= 0.3 is 0 Å². The summed E-state index contributed by atoms with van der Waals surface area (Å²) >= 11 is 0. The highest BCUT2D eigenvalue weighted by Gasteiger charge is 2.28. The maximum Gasteiger partial charge on any atom is 0.198 e. The number of benzene rings is 1.